The number of aromatic nitrogens is 4. The molecule has 0 bridgehead atoms. The molecule has 0 aliphatic rings. The summed E-state index contributed by atoms with van der Waals surface area (Å²) in [6.07, 6.45) is 1.55. The molecule has 0 radical (unpaired) electrons. The minimum Gasteiger partial charge on any atom is -0.497 e. The van der Waals surface area contributed by atoms with Gasteiger partial charge in [-0.25, -0.2) is 4.98 Å². The Hall–Kier alpha value is -3.18. The van der Waals surface area contributed by atoms with Crippen LogP contribution in [0, 0.1) is 18.3 Å². The Kier molecular flexibility index (Phi) is 4.54. The van der Waals surface area contributed by atoms with Crippen molar-refractivity contribution >= 4 is 22.9 Å². The topological polar surface area (TPSA) is 99.5 Å². The van der Waals surface area contributed by atoms with E-state index in [9.17, 15) is 5.26 Å². The summed E-state index contributed by atoms with van der Waals surface area (Å²) in [4.78, 5) is 8.64. The van der Waals surface area contributed by atoms with Crippen LogP contribution in [0.3, 0.4) is 0 Å². The first-order valence-electron chi connectivity index (χ1n) is 7.05. The van der Waals surface area contributed by atoms with E-state index in [4.69, 9.17) is 4.74 Å². The second-order valence-corrected chi connectivity index (χ2v) is 5.70. The van der Waals surface area contributed by atoms with Crippen LogP contribution in [-0.2, 0) is 0 Å². The third kappa shape index (κ3) is 3.42. The maximum atomic E-state index is 9.25. The van der Waals surface area contributed by atoms with Crippen molar-refractivity contribution in [3.05, 3.63) is 46.5 Å². The van der Waals surface area contributed by atoms with E-state index < -0.39 is 0 Å². The molecule has 7 nitrogen and oxygen atoms in total. The Morgan fingerprint density at radius 3 is 2.75 bits per heavy atom. The number of hydrogen-bond donors (Lipinski definition) is 2. The second kappa shape index (κ2) is 6.93. The summed E-state index contributed by atoms with van der Waals surface area (Å²) < 4.78 is 5.13. The number of hydrogen-bond acceptors (Lipinski definition) is 7. The molecule has 0 unspecified atom stereocenters. The van der Waals surface area contributed by atoms with E-state index in [1.807, 2.05) is 36.6 Å². The molecule has 2 aromatic heterocycles. The van der Waals surface area contributed by atoms with Gasteiger partial charge in [0.05, 0.1) is 7.11 Å². The Balaban J connectivity index is 1.75. The van der Waals surface area contributed by atoms with Crippen molar-refractivity contribution in [2.24, 2.45) is 0 Å². The quantitative estimate of drug-likeness (QED) is 0.693. The molecule has 0 aliphatic heterocycles. The van der Waals surface area contributed by atoms with Crippen molar-refractivity contribution in [1.29, 1.82) is 5.26 Å². The first-order chi connectivity index (χ1) is 11.7. The number of methoxy groups -OCH3 is 1. The smallest absolute Gasteiger partial charge is 0.246 e. The number of nitrogens with one attached hydrogen (secondary N) is 2. The van der Waals surface area contributed by atoms with E-state index in [1.54, 1.807) is 13.3 Å². The largest absolute Gasteiger partial charge is 0.497 e. The molecule has 8 heteroatoms. The SMILES string of the molecule is COc1ccc(-c2nc(N/C=C(\C#N)c3nc(C)cs3)n[nH]2)cc1. The number of H-pyrrole nitrogens is 1. The predicted octanol–water partition coefficient (Wildman–Crippen LogP) is 3.22. The van der Waals surface area contributed by atoms with E-state index in [0.717, 1.165) is 17.0 Å². The van der Waals surface area contributed by atoms with E-state index in [2.05, 4.69) is 31.6 Å². The van der Waals surface area contributed by atoms with Gasteiger partial charge in [0, 0.05) is 22.8 Å². The summed E-state index contributed by atoms with van der Waals surface area (Å²) >= 11 is 1.42. The number of benzene rings is 1. The summed E-state index contributed by atoms with van der Waals surface area (Å²) in [5.41, 5.74) is 2.20. The Morgan fingerprint density at radius 2 is 2.12 bits per heavy atom. The third-order valence-corrected chi connectivity index (χ3v) is 4.16. The fraction of sp³-hybridized carbons (Fsp3) is 0.125. The molecule has 24 heavy (non-hydrogen) atoms. The summed E-state index contributed by atoms with van der Waals surface area (Å²) in [6.45, 7) is 1.89. The maximum Gasteiger partial charge on any atom is 0.246 e. The number of aryl methyl sites for hydroxylation is 1. The van der Waals surface area contributed by atoms with E-state index >= 15 is 0 Å². The minimum absolute atomic E-state index is 0.377. The molecule has 0 fully saturated rings. The molecule has 2 heterocycles. The molecule has 0 saturated carbocycles. The van der Waals surface area contributed by atoms with Gasteiger partial charge in [-0.15, -0.1) is 16.4 Å². The van der Waals surface area contributed by atoms with Crippen molar-refractivity contribution in [1.82, 2.24) is 20.2 Å². The average Bonchev–Trinajstić information content (AvgIpc) is 3.25. The molecule has 120 valence electrons. The van der Waals surface area contributed by atoms with Crippen LogP contribution in [0.15, 0.2) is 35.8 Å². The Morgan fingerprint density at radius 1 is 1.33 bits per heavy atom. The van der Waals surface area contributed by atoms with Gasteiger partial charge >= 0.3 is 0 Å². The normalized spacial score (nSPS) is 11.1. The highest BCUT2D eigenvalue weighted by atomic mass is 32.1. The molecule has 0 atom stereocenters. The zero-order chi connectivity index (χ0) is 16.9. The van der Waals surface area contributed by atoms with E-state index in [0.29, 0.717) is 22.4 Å². The number of nitriles is 1. The van der Waals surface area contributed by atoms with Crippen molar-refractivity contribution in [3.63, 3.8) is 0 Å². The molecule has 3 aromatic rings. The van der Waals surface area contributed by atoms with E-state index in [1.165, 1.54) is 11.3 Å². The molecular formula is C16H14N6OS. The van der Waals surface area contributed by atoms with Gasteiger partial charge in [-0.05, 0) is 31.2 Å². The molecule has 2 N–H and O–H groups in total. The lowest BCUT2D eigenvalue weighted by atomic mass is 10.2. The van der Waals surface area contributed by atoms with Crippen LogP contribution in [0.4, 0.5) is 5.95 Å². The minimum atomic E-state index is 0.377. The molecule has 1 aromatic carbocycles. The molecule has 0 amide bonds. The second-order valence-electron chi connectivity index (χ2n) is 4.84. The van der Waals surface area contributed by atoms with Gasteiger partial charge in [-0.1, -0.05) is 0 Å². The zero-order valence-corrected chi connectivity index (χ0v) is 13.9. The maximum absolute atomic E-state index is 9.25. The zero-order valence-electron chi connectivity index (χ0n) is 13.1. The number of thiazole rings is 1. The average molecular weight is 338 g/mol. The van der Waals surface area contributed by atoms with Crippen molar-refractivity contribution in [3.8, 4) is 23.2 Å². The number of nitrogens with zero attached hydrogens (tertiary/aromatic N) is 4. The van der Waals surface area contributed by atoms with Crippen LogP contribution in [-0.4, -0.2) is 27.3 Å². The lowest BCUT2D eigenvalue weighted by molar-refractivity contribution is 0.415. The van der Waals surface area contributed by atoms with Crippen LogP contribution >= 0.6 is 11.3 Å². The number of rotatable bonds is 5. The van der Waals surface area contributed by atoms with Crippen LogP contribution < -0.4 is 10.1 Å². The van der Waals surface area contributed by atoms with Gasteiger partial charge in [0.25, 0.3) is 0 Å². The molecule has 0 saturated heterocycles. The van der Waals surface area contributed by atoms with Gasteiger partial charge in [0.2, 0.25) is 5.95 Å². The van der Waals surface area contributed by atoms with Gasteiger partial charge in [0.1, 0.15) is 22.4 Å². The van der Waals surface area contributed by atoms with Gasteiger partial charge in [0.15, 0.2) is 5.82 Å². The van der Waals surface area contributed by atoms with Crippen molar-refractivity contribution in [2.75, 3.05) is 12.4 Å². The fourth-order valence-electron chi connectivity index (χ4n) is 1.96. The number of anilines is 1. The monoisotopic (exact) mass is 338 g/mol. The highest BCUT2D eigenvalue weighted by Gasteiger charge is 2.08. The first-order valence-corrected chi connectivity index (χ1v) is 7.93. The molecule has 3 rings (SSSR count). The first kappa shape index (κ1) is 15.7. The molecular weight excluding hydrogens is 324 g/mol. The van der Waals surface area contributed by atoms with Gasteiger partial charge in [-0.3, -0.25) is 5.10 Å². The lowest BCUT2D eigenvalue weighted by Crippen LogP contribution is -1.93. The van der Waals surface area contributed by atoms with Gasteiger partial charge < -0.3 is 10.1 Å². The lowest BCUT2D eigenvalue weighted by Gasteiger charge is -1.99. The van der Waals surface area contributed by atoms with Crippen LogP contribution in [0.5, 0.6) is 5.75 Å². The van der Waals surface area contributed by atoms with Crippen LogP contribution in [0.25, 0.3) is 17.0 Å². The summed E-state index contributed by atoms with van der Waals surface area (Å²) in [5.74, 6) is 1.77. The number of allylic oxidation sites excluding steroid dienone is 1. The third-order valence-electron chi connectivity index (χ3n) is 3.16. The number of ether oxygens (including phenoxy) is 1. The number of aromatic amines is 1. The Bertz CT molecular complexity index is 903. The highest BCUT2D eigenvalue weighted by Crippen LogP contribution is 2.21. The van der Waals surface area contributed by atoms with E-state index in [-0.39, 0.29) is 0 Å². The van der Waals surface area contributed by atoms with Crippen LogP contribution in [0.2, 0.25) is 0 Å². The Labute approximate surface area is 142 Å². The molecule has 0 aliphatic carbocycles. The molecule has 0 spiro atoms. The summed E-state index contributed by atoms with van der Waals surface area (Å²) in [7, 11) is 1.62. The summed E-state index contributed by atoms with van der Waals surface area (Å²) in [6, 6.07) is 9.60. The van der Waals surface area contributed by atoms with Crippen molar-refractivity contribution < 1.29 is 4.74 Å². The van der Waals surface area contributed by atoms with Crippen molar-refractivity contribution in [2.45, 2.75) is 6.92 Å². The highest BCUT2D eigenvalue weighted by molar-refractivity contribution is 7.10. The predicted molar refractivity (Wildman–Crippen MR) is 92.4 cm³/mol. The van der Waals surface area contributed by atoms with Gasteiger partial charge in [-0.2, -0.15) is 10.2 Å². The fourth-order valence-corrected chi connectivity index (χ4v) is 2.72. The van der Waals surface area contributed by atoms with Crippen LogP contribution in [0.1, 0.15) is 10.7 Å². The summed E-state index contributed by atoms with van der Waals surface area (Å²) in [5, 5.41) is 21.7. The standard InChI is InChI=1S/C16H14N6OS/c1-10-9-24-15(19-10)12(7-17)8-18-16-20-14(21-22-16)11-3-5-13(23-2)6-4-11/h3-6,8-9H,1-2H3,(H2,18,20,21,22)/b12-8+.